The minimum absolute atomic E-state index is 0. The molecule has 5 N–H and O–H groups in total. The van der Waals surface area contributed by atoms with Gasteiger partial charge in [0.15, 0.2) is 5.96 Å². The topological polar surface area (TPSA) is 126 Å². The standard InChI is InChI=1S/C17H27N7OS2.3ClH/c1-11-13(5-4-7-24(2)3)15(25)22-14(20-11)6-8-26-9-12-10-27-17(21-12)23-16(18)19;;;/h10H,4-9H2,1-3H3,(H,20,22,25)(H4,18,19,21,23);3*1H. The Morgan fingerprint density at radius 3 is 2.53 bits per heavy atom. The van der Waals surface area contributed by atoms with Gasteiger partial charge in [-0.3, -0.25) is 4.79 Å². The molecule has 13 heteroatoms. The van der Waals surface area contributed by atoms with Crippen molar-refractivity contribution in [1.82, 2.24) is 19.9 Å². The minimum atomic E-state index is -0.105. The van der Waals surface area contributed by atoms with E-state index < -0.39 is 0 Å². The van der Waals surface area contributed by atoms with Crippen LogP contribution < -0.4 is 17.0 Å². The molecule has 30 heavy (non-hydrogen) atoms. The Kier molecular flexibility index (Phi) is 16.3. The van der Waals surface area contributed by atoms with E-state index in [1.807, 2.05) is 26.4 Å². The monoisotopic (exact) mass is 517 g/mol. The van der Waals surface area contributed by atoms with E-state index in [1.165, 1.54) is 11.3 Å². The first kappa shape index (κ1) is 31.1. The summed E-state index contributed by atoms with van der Waals surface area (Å²) in [6, 6.07) is 0. The normalized spacial score (nSPS) is 10.0. The zero-order valence-electron chi connectivity index (χ0n) is 17.2. The molecule has 2 rings (SSSR count). The Morgan fingerprint density at radius 1 is 1.23 bits per heavy atom. The fraction of sp³-hybridized carbons (Fsp3) is 0.529. The number of aromatic amines is 1. The second-order valence-electron chi connectivity index (χ2n) is 6.46. The van der Waals surface area contributed by atoms with Gasteiger partial charge in [0.25, 0.3) is 5.56 Å². The van der Waals surface area contributed by atoms with Crippen LogP contribution in [0.25, 0.3) is 0 Å². The lowest BCUT2D eigenvalue weighted by atomic mass is 10.1. The Morgan fingerprint density at radius 2 is 1.93 bits per heavy atom. The second kappa shape index (κ2) is 15.7. The van der Waals surface area contributed by atoms with Crippen molar-refractivity contribution in [2.24, 2.45) is 16.5 Å². The quantitative estimate of drug-likeness (QED) is 0.251. The van der Waals surface area contributed by atoms with Crippen LogP contribution in [0.1, 0.15) is 29.2 Å². The van der Waals surface area contributed by atoms with Crippen molar-refractivity contribution in [3.63, 3.8) is 0 Å². The molecule has 0 unspecified atom stereocenters. The first-order valence-corrected chi connectivity index (χ1v) is 10.7. The van der Waals surface area contributed by atoms with E-state index in [1.54, 1.807) is 11.8 Å². The molecule has 2 heterocycles. The molecule has 0 aliphatic rings. The molecule has 0 aliphatic carbocycles. The number of halogens is 3. The van der Waals surface area contributed by atoms with Crippen LogP contribution in [-0.2, 0) is 18.6 Å². The number of H-pyrrole nitrogens is 1. The largest absolute Gasteiger partial charge is 0.370 e. The average Bonchev–Trinajstić information content (AvgIpc) is 3.00. The number of rotatable bonds is 10. The molecular formula is C17H30Cl3N7OS2. The summed E-state index contributed by atoms with van der Waals surface area (Å²) in [6.45, 7) is 2.91. The van der Waals surface area contributed by atoms with Crippen LogP contribution >= 0.6 is 60.3 Å². The highest BCUT2D eigenvalue weighted by Crippen LogP contribution is 2.22. The summed E-state index contributed by atoms with van der Waals surface area (Å²) in [5, 5.41) is 2.51. The number of nitrogens with zero attached hydrogens (tertiary/aromatic N) is 4. The fourth-order valence-corrected chi connectivity index (χ4v) is 4.18. The molecule has 0 fully saturated rings. The van der Waals surface area contributed by atoms with E-state index in [4.69, 9.17) is 11.5 Å². The number of nitrogens with one attached hydrogen (secondary N) is 1. The molecule has 0 amide bonds. The number of aromatic nitrogens is 3. The molecule has 0 spiro atoms. The van der Waals surface area contributed by atoms with Gasteiger partial charge in [0.05, 0.1) is 5.69 Å². The Hall–Kier alpha value is -1.04. The van der Waals surface area contributed by atoms with Crippen LogP contribution in [0.3, 0.4) is 0 Å². The lowest BCUT2D eigenvalue weighted by molar-refractivity contribution is 0.399. The van der Waals surface area contributed by atoms with Crippen molar-refractivity contribution in [2.45, 2.75) is 31.9 Å². The third-order valence-electron chi connectivity index (χ3n) is 3.81. The highest BCUT2D eigenvalue weighted by atomic mass is 35.5. The van der Waals surface area contributed by atoms with E-state index in [9.17, 15) is 4.79 Å². The first-order chi connectivity index (χ1) is 12.8. The SMILES string of the molecule is Cc1[nH]c(CCSCc2csc(N=C(N)N)n2)nc(=O)c1CCCN(C)C.Cl.Cl.Cl. The smallest absolute Gasteiger partial charge is 0.276 e. The molecule has 0 atom stereocenters. The summed E-state index contributed by atoms with van der Waals surface area (Å²) in [7, 11) is 4.06. The molecule has 0 saturated heterocycles. The van der Waals surface area contributed by atoms with Crippen molar-refractivity contribution in [2.75, 3.05) is 26.4 Å². The number of hydrogen-bond donors (Lipinski definition) is 3. The van der Waals surface area contributed by atoms with Crippen LogP contribution in [0.5, 0.6) is 0 Å². The van der Waals surface area contributed by atoms with Gasteiger partial charge in [-0.2, -0.15) is 21.7 Å². The Labute approximate surface area is 204 Å². The van der Waals surface area contributed by atoms with Crippen LogP contribution in [0.4, 0.5) is 5.13 Å². The van der Waals surface area contributed by atoms with E-state index in [2.05, 4.69) is 24.8 Å². The van der Waals surface area contributed by atoms with Gasteiger partial charge >= 0.3 is 0 Å². The number of thiazole rings is 1. The van der Waals surface area contributed by atoms with E-state index in [0.29, 0.717) is 11.6 Å². The first-order valence-electron chi connectivity index (χ1n) is 8.70. The van der Waals surface area contributed by atoms with Crippen molar-refractivity contribution in [1.29, 1.82) is 0 Å². The van der Waals surface area contributed by atoms with Gasteiger partial charge in [0.1, 0.15) is 5.82 Å². The van der Waals surface area contributed by atoms with Crippen molar-refractivity contribution in [3.05, 3.63) is 38.5 Å². The average molecular weight is 519 g/mol. The minimum Gasteiger partial charge on any atom is -0.370 e. The van der Waals surface area contributed by atoms with Gasteiger partial charge < -0.3 is 21.4 Å². The number of hydrogen-bond acceptors (Lipinski definition) is 7. The van der Waals surface area contributed by atoms with Crippen LogP contribution in [0, 0.1) is 6.92 Å². The molecule has 0 radical (unpaired) electrons. The summed E-state index contributed by atoms with van der Waals surface area (Å²) in [5.41, 5.74) is 13.3. The highest BCUT2D eigenvalue weighted by molar-refractivity contribution is 7.98. The van der Waals surface area contributed by atoms with Gasteiger partial charge in [-0.15, -0.1) is 48.6 Å². The summed E-state index contributed by atoms with van der Waals surface area (Å²) in [5.74, 6) is 2.36. The Bertz CT molecular complexity index is 839. The zero-order valence-corrected chi connectivity index (χ0v) is 21.3. The zero-order chi connectivity index (χ0) is 19.8. The van der Waals surface area contributed by atoms with Crippen molar-refractivity contribution < 1.29 is 0 Å². The van der Waals surface area contributed by atoms with Gasteiger partial charge in [-0.05, 0) is 40.4 Å². The predicted octanol–water partition coefficient (Wildman–Crippen LogP) is 2.68. The number of guanidine groups is 1. The summed E-state index contributed by atoms with van der Waals surface area (Å²) in [6.07, 6.45) is 2.41. The van der Waals surface area contributed by atoms with Crippen LogP contribution in [0.2, 0.25) is 0 Å². The Balaban J connectivity index is 0. The number of nitrogens with two attached hydrogens (primary N) is 2. The van der Waals surface area contributed by atoms with Gasteiger partial charge in [0.2, 0.25) is 5.13 Å². The van der Waals surface area contributed by atoms with Crippen molar-refractivity contribution >= 4 is 71.4 Å². The number of thioether (sulfide) groups is 1. The van der Waals surface area contributed by atoms with Gasteiger partial charge in [-0.25, -0.2) is 4.98 Å². The highest BCUT2D eigenvalue weighted by Gasteiger charge is 2.09. The molecule has 8 nitrogen and oxygen atoms in total. The number of aryl methyl sites for hydroxylation is 2. The third kappa shape index (κ3) is 10.8. The molecule has 2 aromatic heterocycles. The third-order valence-corrected chi connectivity index (χ3v) is 5.58. The van der Waals surface area contributed by atoms with Gasteiger partial charge in [-0.1, -0.05) is 0 Å². The maximum atomic E-state index is 12.3. The maximum absolute atomic E-state index is 12.3. The molecule has 0 saturated carbocycles. The summed E-state index contributed by atoms with van der Waals surface area (Å²) in [4.78, 5) is 30.2. The van der Waals surface area contributed by atoms with Gasteiger partial charge in [0, 0.05) is 34.6 Å². The predicted molar refractivity (Wildman–Crippen MR) is 136 cm³/mol. The molecule has 0 bridgehead atoms. The van der Waals surface area contributed by atoms with Crippen LogP contribution in [-0.4, -0.2) is 52.2 Å². The lowest BCUT2D eigenvalue weighted by Crippen LogP contribution is -2.21. The van der Waals surface area contributed by atoms with E-state index in [0.717, 1.165) is 53.7 Å². The van der Waals surface area contributed by atoms with Crippen LogP contribution in [0.15, 0.2) is 15.2 Å². The number of aliphatic imine (C=N–C) groups is 1. The summed E-state index contributed by atoms with van der Waals surface area (Å²) >= 11 is 3.14. The molecule has 0 aromatic carbocycles. The molecule has 0 aliphatic heterocycles. The summed E-state index contributed by atoms with van der Waals surface area (Å²) < 4.78 is 0. The maximum Gasteiger partial charge on any atom is 0.276 e. The lowest BCUT2D eigenvalue weighted by Gasteiger charge is -2.10. The molecule has 172 valence electrons. The van der Waals surface area contributed by atoms with E-state index >= 15 is 0 Å². The fourth-order valence-electron chi connectivity index (χ4n) is 2.53. The molecular weight excluding hydrogens is 489 g/mol. The molecule has 2 aromatic rings. The second-order valence-corrected chi connectivity index (χ2v) is 8.40. The van der Waals surface area contributed by atoms with Crippen molar-refractivity contribution in [3.8, 4) is 0 Å². The van der Waals surface area contributed by atoms with E-state index in [-0.39, 0.29) is 48.7 Å².